The summed E-state index contributed by atoms with van der Waals surface area (Å²) in [4.78, 5) is 35.9. The molecule has 2 aromatic heterocycles. The van der Waals surface area contributed by atoms with Crippen LogP contribution in [0.1, 0.15) is 75.7 Å². The highest BCUT2D eigenvalue weighted by Gasteiger charge is 2.68. The molecule has 4 aromatic rings. The van der Waals surface area contributed by atoms with Crippen LogP contribution < -0.4 is 5.32 Å². The van der Waals surface area contributed by atoms with Crippen molar-refractivity contribution in [2.45, 2.75) is 84.4 Å². The van der Waals surface area contributed by atoms with Gasteiger partial charge < -0.3 is 19.6 Å². The Morgan fingerprint density at radius 1 is 1.11 bits per heavy atom. The van der Waals surface area contributed by atoms with E-state index >= 15 is 0 Å². The summed E-state index contributed by atoms with van der Waals surface area (Å²) in [5.41, 5.74) is 2.73. The van der Waals surface area contributed by atoms with E-state index in [1.807, 2.05) is 48.7 Å². The first-order valence-corrected chi connectivity index (χ1v) is 16.9. The zero-order chi connectivity index (χ0) is 30.8. The van der Waals surface area contributed by atoms with E-state index in [0.29, 0.717) is 29.2 Å². The van der Waals surface area contributed by atoms with Gasteiger partial charge in [-0.3, -0.25) is 9.59 Å². The van der Waals surface area contributed by atoms with Crippen LogP contribution in [0.15, 0.2) is 54.7 Å². The van der Waals surface area contributed by atoms with Crippen molar-refractivity contribution in [2.24, 2.45) is 29.1 Å². The molecule has 44 heavy (non-hydrogen) atoms. The topological polar surface area (TPSA) is 93.3 Å². The highest BCUT2D eigenvalue weighted by molar-refractivity contribution is 7.20. The van der Waals surface area contributed by atoms with Crippen molar-refractivity contribution < 1.29 is 18.9 Å². The molecule has 0 radical (unpaired) electrons. The molecule has 8 rings (SSSR count). The van der Waals surface area contributed by atoms with Crippen LogP contribution in [0.3, 0.4) is 0 Å². The zero-order valence-electron chi connectivity index (χ0n) is 26.3. The molecule has 4 aliphatic rings. The lowest BCUT2D eigenvalue weighted by Crippen LogP contribution is -2.65. The van der Waals surface area contributed by atoms with Crippen molar-refractivity contribution in [1.29, 1.82) is 0 Å². The van der Waals surface area contributed by atoms with Crippen molar-refractivity contribution in [3.63, 3.8) is 0 Å². The van der Waals surface area contributed by atoms with Crippen LogP contribution in [0.4, 0.5) is 0 Å². The number of hydrogen-bond donors (Lipinski definition) is 2. The second kappa shape index (κ2) is 11.1. The number of nitrogens with zero attached hydrogens (tertiary/aromatic N) is 1. The van der Waals surface area contributed by atoms with Gasteiger partial charge in [0.05, 0.1) is 27.9 Å². The maximum Gasteiger partial charge on any atom is 0.481 e. The van der Waals surface area contributed by atoms with E-state index in [1.165, 1.54) is 17.8 Å². The number of rotatable bonds is 10. The SMILES string of the molecule is CC(C)C[C@H](NC(=O)[C@@H](CC(=O)c1nc2ccccc2s1)Cc1c[nH]c2ccccc12)B1O[C@@H]2C[C@@H]3C[C@@H](C3(C)C)[C@]2(C)O1. The van der Waals surface area contributed by atoms with Gasteiger partial charge in [-0.15, -0.1) is 11.3 Å². The number of thiazole rings is 1. The number of aromatic nitrogens is 2. The Balaban J connectivity index is 1.14. The second-order valence-electron chi connectivity index (χ2n) is 14.5. The Hall–Kier alpha value is -3.01. The van der Waals surface area contributed by atoms with Crippen LogP contribution in [0, 0.1) is 29.1 Å². The maximum atomic E-state index is 14.3. The van der Waals surface area contributed by atoms with Gasteiger partial charge in [-0.2, -0.15) is 0 Å². The largest absolute Gasteiger partial charge is 0.481 e. The molecule has 230 valence electrons. The van der Waals surface area contributed by atoms with E-state index in [0.717, 1.165) is 39.5 Å². The molecule has 3 aliphatic carbocycles. The number of aromatic amines is 1. The lowest BCUT2D eigenvalue weighted by molar-refractivity contribution is -0.199. The van der Waals surface area contributed by atoms with Gasteiger partial charge in [0.2, 0.25) is 5.91 Å². The fourth-order valence-corrected chi connectivity index (χ4v) is 9.16. The number of Topliss-reactive ketones (excluding diaryl/α,β-unsaturated/α-hetero) is 1. The maximum absolute atomic E-state index is 14.3. The molecular formula is C35H42BN3O4S. The van der Waals surface area contributed by atoms with Crippen molar-refractivity contribution in [2.75, 3.05) is 0 Å². The Labute approximate surface area is 263 Å². The van der Waals surface area contributed by atoms with E-state index in [2.05, 4.69) is 56.0 Å². The first-order chi connectivity index (χ1) is 21.0. The van der Waals surface area contributed by atoms with Gasteiger partial charge in [0.1, 0.15) is 0 Å². The summed E-state index contributed by atoms with van der Waals surface area (Å²) in [6.45, 7) is 11.2. The van der Waals surface area contributed by atoms with Crippen LogP contribution in [0.5, 0.6) is 0 Å². The number of fused-ring (bicyclic) bond motifs is 2. The van der Waals surface area contributed by atoms with Gasteiger partial charge in [0.25, 0.3) is 0 Å². The number of benzene rings is 2. The standard InChI is InChI=1S/C35H42BN3O4S/c1-20(2)14-31(36-42-30-18-23-17-29(34(23,3)4)35(30,5)43-36)39-32(41)21(15-22-19-37-25-11-7-6-10-24(22)25)16-27(40)33-38-26-12-8-9-13-28(26)44-33/h6-13,19-21,23,29-31,37H,14-18H2,1-5H3,(H,39,41)/t21-,23+,29+,30-,31+,35+/m1/s1. The highest BCUT2D eigenvalue weighted by atomic mass is 32.1. The Morgan fingerprint density at radius 2 is 1.89 bits per heavy atom. The minimum atomic E-state index is -0.575. The normalized spacial score (nSPS) is 26.9. The van der Waals surface area contributed by atoms with Crippen LogP contribution in [0.25, 0.3) is 21.1 Å². The number of amides is 1. The average molecular weight is 612 g/mol. The van der Waals surface area contributed by atoms with Gasteiger partial charge in [-0.05, 0) is 79.5 Å². The van der Waals surface area contributed by atoms with E-state index in [-0.39, 0.29) is 41.2 Å². The van der Waals surface area contributed by atoms with E-state index in [1.54, 1.807) is 0 Å². The minimum Gasteiger partial charge on any atom is -0.404 e. The van der Waals surface area contributed by atoms with Crippen LogP contribution in [-0.2, 0) is 20.5 Å². The number of ketones is 1. The lowest BCUT2D eigenvalue weighted by Gasteiger charge is -2.64. The van der Waals surface area contributed by atoms with Crippen LogP contribution in [0.2, 0.25) is 0 Å². The highest BCUT2D eigenvalue weighted by Crippen LogP contribution is 2.65. The number of nitrogens with one attached hydrogen (secondary N) is 2. The monoisotopic (exact) mass is 611 g/mol. The van der Waals surface area contributed by atoms with Crippen molar-refractivity contribution in [3.05, 3.63) is 65.3 Å². The first-order valence-electron chi connectivity index (χ1n) is 16.1. The predicted molar refractivity (Wildman–Crippen MR) is 176 cm³/mol. The fraction of sp³-hybridized carbons (Fsp3) is 0.514. The van der Waals surface area contributed by atoms with Crippen molar-refractivity contribution in [3.8, 4) is 0 Å². The molecular weight excluding hydrogens is 569 g/mol. The van der Waals surface area contributed by atoms with Crippen LogP contribution in [-0.4, -0.2) is 46.4 Å². The minimum absolute atomic E-state index is 0.0402. The molecule has 0 spiro atoms. The fourth-order valence-electron chi connectivity index (χ4n) is 8.24. The lowest BCUT2D eigenvalue weighted by atomic mass is 9.43. The Bertz CT molecular complexity index is 1680. The smallest absolute Gasteiger partial charge is 0.404 e. The van der Waals surface area contributed by atoms with Gasteiger partial charge >= 0.3 is 7.12 Å². The van der Waals surface area contributed by atoms with E-state index in [9.17, 15) is 9.59 Å². The molecule has 1 saturated heterocycles. The second-order valence-corrected chi connectivity index (χ2v) is 15.5. The Kier molecular flexibility index (Phi) is 7.50. The Morgan fingerprint density at radius 3 is 2.66 bits per heavy atom. The summed E-state index contributed by atoms with van der Waals surface area (Å²) in [6, 6.07) is 15.8. The quantitative estimate of drug-likeness (QED) is 0.149. The predicted octanol–water partition coefficient (Wildman–Crippen LogP) is 7.01. The average Bonchev–Trinajstić information content (AvgIpc) is 3.70. The van der Waals surface area contributed by atoms with Crippen molar-refractivity contribution in [1.82, 2.24) is 15.3 Å². The number of H-pyrrole nitrogens is 1. The number of carbonyl (C=O) groups is 2. The number of hydrogen-bond acceptors (Lipinski definition) is 6. The van der Waals surface area contributed by atoms with E-state index < -0.39 is 13.0 Å². The van der Waals surface area contributed by atoms with Gasteiger partial charge in [-0.25, -0.2) is 4.98 Å². The van der Waals surface area contributed by atoms with Gasteiger partial charge in [0.15, 0.2) is 10.8 Å². The molecule has 2 bridgehead atoms. The molecule has 7 nitrogen and oxygen atoms in total. The molecule has 9 heteroatoms. The molecule has 6 atom stereocenters. The number of para-hydroxylation sites is 2. The van der Waals surface area contributed by atoms with Crippen molar-refractivity contribution >= 4 is 51.3 Å². The van der Waals surface area contributed by atoms with E-state index in [4.69, 9.17) is 9.31 Å². The summed E-state index contributed by atoms with van der Waals surface area (Å²) in [7, 11) is -0.514. The summed E-state index contributed by atoms with van der Waals surface area (Å²) in [5, 5.41) is 4.86. The van der Waals surface area contributed by atoms with Crippen LogP contribution >= 0.6 is 11.3 Å². The first kappa shape index (κ1) is 29.7. The molecule has 3 heterocycles. The molecule has 1 amide bonds. The summed E-state index contributed by atoms with van der Waals surface area (Å²) >= 11 is 1.39. The summed E-state index contributed by atoms with van der Waals surface area (Å²) < 4.78 is 14.4. The summed E-state index contributed by atoms with van der Waals surface area (Å²) in [6.07, 6.45) is 5.41. The van der Waals surface area contributed by atoms with Gasteiger partial charge in [0, 0.05) is 29.4 Å². The molecule has 1 aliphatic heterocycles. The molecule has 0 unspecified atom stereocenters. The third-order valence-corrected chi connectivity index (χ3v) is 11.9. The molecule has 4 fully saturated rings. The molecule has 2 N–H and O–H groups in total. The summed E-state index contributed by atoms with van der Waals surface area (Å²) in [5.74, 6) is 0.278. The zero-order valence-corrected chi connectivity index (χ0v) is 27.1. The molecule has 2 aromatic carbocycles. The van der Waals surface area contributed by atoms with Gasteiger partial charge in [-0.1, -0.05) is 58.0 Å². The third-order valence-electron chi connectivity index (χ3n) is 10.8. The third kappa shape index (κ3) is 5.11. The number of carbonyl (C=O) groups excluding carboxylic acids is 2. The molecule has 3 saturated carbocycles.